The van der Waals surface area contributed by atoms with E-state index in [1.54, 1.807) is 10.5 Å². The van der Waals surface area contributed by atoms with Gasteiger partial charge in [0.1, 0.15) is 0 Å². The molecule has 0 unspecified atom stereocenters. The van der Waals surface area contributed by atoms with Crippen molar-refractivity contribution >= 4 is 11.8 Å². The third-order valence-electron chi connectivity index (χ3n) is 4.08. The van der Waals surface area contributed by atoms with Crippen molar-refractivity contribution in [2.24, 2.45) is 10.8 Å². The molecule has 0 N–H and O–H groups in total. The van der Waals surface area contributed by atoms with Crippen LogP contribution in [0, 0.1) is 10.8 Å². The summed E-state index contributed by atoms with van der Waals surface area (Å²) in [5.74, 6) is 1.05. The fourth-order valence-electron chi connectivity index (χ4n) is 2.92. The second kappa shape index (κ2) is 8.42. The van der Waals surface area contributed by atoms with E-state index in [1.165, 1.54) is 30.4 Å². The Morgan fingerprint density at radius 1 is 1.09 bits per heavy atom. The van der Waals surface area contributed by atoms with Gasteiger partial charge >= 0.3 is 0 Å². The van der Waals surface area contributed by atoms with Crippen LogP contribution in [0.5, 0.6) is 0 Å². The molecule has 0 aromatic carbocycles. The Hall–Kier alpha value is -0.690. The lowest BCUT2D eigenvalue weighted by Gasteiger charge is -2.31. The van der Waals surface area contributed by atoms with Crippen LogP contribution in [0.25, 0.3) is 0 Å². The van der Waals surface area contributed by atoms with Gasteiger partial charge in [0, 0.05) is 5.75 Å². The molecule has 1 saturated carbocycles. The minimum absolute atomic E-state index is 0.264. The van der Waals surface area contributed by atoms with Crippen LogP contribution >= 0.6 is 11.8 Å². The van der Waals surface area contributed by atoms with Crippen molar-refractivity contribution in [2.45, 2.75) is 74.1 Å². The predicted molar refractivity (Wildman–Crippen MR) is 109 cm³/mol. The van der Waals surface area contributed by atoms with E-state index in [2.05, 4.69) is 85.0 Å². The summed E-state index contributed by atoms with van der Waals surface area (Å²) in [7, 11) is 0. The van der Waals surface area contributed by atoms with Crippen LogP contribution in [0.3, 0.4) is 0 Å². The van der Waals surface area contributed by atoms with Crippen molar-refractivity contribution in [3.05, 3.63) is 46.4 Å². The van der Waals surface area contributed by atoms with Crippen LogP contribution in [-0.4, -0.2) is 5.75 Å². The first-order valence-electron chi connectivity index (χ1n) is 8.91. The zero-order valence-corrected chi connectivity index (χ0v) is 17.2. The molecule has 0 nitrogen and oxygen atoms in total. The molecule has 0 aromatic heterocycles. The minimum Gasteiger partial charge on any atom is -0.125 e. The van der Waals surface area contributed by atoms with Crippen LogP contribution in [0.1, 0.15) is 74.1 Å². The number of thioether (sulfide) groups is 1. The molecule has 1 heteroatoms. The lowest BCUT2D eigenvalue weighted by Crippen LogP contribution is -2.14. The monoisotopic (exact) mass is 332 g/mol. The maximum atomic E-state index is 4.07. The molecule has 0 bridgehead atoms. The standard InChI is InChI=1S/C22H36S/c1-9-12-19(17(10-2)15-21(3,4)5)16-23-20(22(6,7)8)18-13-11-14-18/h9-10,12H,2,11,13-16H2,1,3-8H3/b12-9-,19-17-. The molecule has 0 aromatic rings. The summed E-state index contributed by atoms with van der Waals surface area (Å²) < 4.78 is 0. The van der Waals surface area contributed by atoms with Crippen molar-refractivity contribution < 1.29 is 0 Å². The van der Waals surface area contributed by atoms with Crippen molar-refractivity contribution in [3.8, 4) is 0 Å². The van der Waals surface area contributed by atoms with Gasteiger partial charge in [0.2, 0.25) is 0 Å². The van der Waals surface area contributed by atoms with E-state index in [9.17, 15) is 0 Å². The zero-order valence-electron chi connectivity index (χ0n) is 16.4. The van der Waals surface area contributed by atoms with Crippen molar-refractivity contribution in [2.75, 3.05) is 5.75 Å². The van der Waals surface area contributed by atoms with Gasteiger partial charge in [-0.3, -0.25) is 0 Å². The summed E-state index contributed by atoms with van der Waals surface area (Å²) >= 11 is 2.05. The molecule has 0 aliphatic heterocycles. The molecule has 0 amide bonds. The quantitative estimate of drug-likeness (QED) is 0.449. The highest BCUT2D eigenvalue weighted by Gasteiger charge is 2.25. The van der Waals surface area contributed by atoms with Gasteiger partial charge in [-0.2, -0.15) is 0 Å². The minimum atomic E-state index is 0.264. The van der Waals surface area contributed by atoms with Gasteiger partial charge < -0.3 is 0 Å². The largest absolute Gasteiger partial charge is 0.125 e. The average molecular weight is 333 g/mol. The molecule has 1 rings (SSSR count). The van der Waals surface area contributed by atoms with E-state index < -0.39 is 0 Å². The Morgan fingerprint density at radius 2 is 1.70 bits per heavy atom. The maximum Gasteiger partial charge on any atom is 0.0231 e. The van der Waals surface area contributed by atoms with E-state index in [-0.39, 0.29) is 5.41 Å². The lowest BCUT2D eigenvalue weighted by atomic mass is 9.84. The van der Waals surface area contributed by atoms with Crippen molar-refractivity contribution in [1.82, 2.24) is 0 Å². The molecule has 0 atom stereocenters. The summed E-state index contributed by atoms with van der Waals surface area (Å²) in [6.45, 7) is 20.1. The van der Waals surface area contributed by atoms with Crippen LogP contribution < -0.4 is 0 Å². The summed E-state index contributed by atoms with van der Waals surface area (Å²) in [5, 5.41) is 0. The van der Waals surface area contributed by atoms with Gasteiger partial charge in [-0.1, -0.05) is 71.9 Å². The fourth-order valence-corrected chi connectivity index (χ4v) is 4.34. The summed E-state index contributed by atoms with van der Waals surface area (Å²) in [6.07, 6.45) is 11.6. The van der Waals surface area contributed by atoms with E-state index in [1.807, 2.05) is 0 Å². The van der Waals surface area contributed by atoms with E-state index in [0.29, 0.717) is 5.41 Å². The number of hydrogen-bond acceptors (Lipinski definition) is 1. The fraction of sp³-hybridized carbons (Fsp3) is 0.636. The van der Waals surface area contributed by atoms with Crippen LogP contribution in [0.15, 0.2) is 46.4 Å². The highest BCUT2D eigenvalue weighted by molar-refractivity contribution is 8.03. The Labute approximate surface area is 149 Å². The van der Waals surface area contributed by atoms with Gasteiger partial charge in [0.25, 0.3) is 0 Å². The van der Waals surface area contributed by atoms with Crippen molar-refractivity contribution in [3.63, 3.8) is 0 Å². The SMILES string of the molecule is C=C/C(CC(C)(C)C)=C(\C=C/C)CSC(=C1CCC1)C(C)(C)C. The van der Waals surface area contributed by atoms with Crippen LogP contribution in [0.4, 0.5) is 0 Å². The van der Waals surface area contributed by atoms with E-state index in [4.69, 9.17) is 0 Å². The smallest absolute Gasteiger partial charge is 0.0231 e. The highest BCUT2D eigenvalue weighted by atomic mass is 32.2. The zero-order chi connectivity index (χ0) is 17.7. The van der Waals surface area contributed by atoms with E-state index in [0.717, 1.165) is 12.2 Å². The molecule has 1 fully saturated rings. The Kier molecular flexibility index (Phi) is 7.45. The summed E-state index contributed by atoms with van der Waals surface area (Å²) in [6, 6.07) is 0. The predicted octanol–water partition coefficient (Wildman–Crippen LogP) is 7.70. The first-order chi connectivity index (χ1) is 10.6. The molecule has 0 saturated heterocycles. The summed E-state index contributed by atoms with van der Waals surface area (Å²) in [5.41, 5.74) is 5.08. The van der Waals surface area contributed by atoms with E-state index >= 15 is 0 Å². The molecule has 1 aliphatic rings. The van der Waals surface area contributed by atoms with Crippen LogP contribution in [-0.2, 0) is 0 Å². The number of hydrogen-bond donors (Lipinski definition) is 0. The van der Waals surface area contributed by atoms with Gasteiger partial charge in [-0.05, 0) is 59.5 Å². The van der Waals surface area contributed by atoms with Crippen molar-refractivity contribution in [1.29, 1.82) is 0 Å². The Morgan fingerprint density at radius 3 is 2.04 bits per heavy atom. The molecular weight excluding hydrogens is 296 g/mol. The first-order valence-corrected chi connectivity index (χ1v) is 9.89. The normalized spacial score (nSPS) is 17.1. The third-order valence-corrected chi connectivity index (χ3v) is 5.72. The lowest BCUT2D eigenvalue weighted by molar-refractivity contribution is 0.412. The maximum absolute atomic E-state index is 4.07. The Balaban J connectivity index is 3.01. The molecule has 1 aliphatic carbocycles. The van der Waals surface area contributed by atoms with Gasteiger partial charge in [0.05, 0.1) is 0 Å². The first kappa shape index (κ1) is 20.4. The van der Waals surface area contributed by atoms with Crippen LogP contribution in [0.2, 0.25) is 0 Å². The molecule has 0 spiro atoms. The van der Waals surface area contributed by atoms with Gasteiger partial charge in [-0.15, -0.1) is 11.8 Å². The topological polar surface area (TPSA) is 0 Å². The number of allylic oxidation sites excluding steroid dienone is 6. The molecule has 23 heavy (non-hydrogen) atoms. The molecule has 0 radical (unpaired) electrons. The average Bonchev–Trinajstić information content (AvgIpc) is 2.34. The van der Waals surface area contributed by atoms with Gasteiger partial charge in [-0.25, -0.2) is 0 Å². The molecule has 0 heterocycles. The van der Waals surface area contributed by atoms with Gasteiger partial charge in [0.15, 0.2) is 0 Å². The highest BCUT2D eigenvalue weighted by Crippen LogP contribution is 2.44. The number of rotatable bonds is 6. The molecule has 130 valence electrons. The Bertz CT molecular complexity index is 495. The second-order valence-electron chi connectivity index (χ2n) is 8.82. The second-order valence-corrected chi connectivity index (χ2v) is 9.80. The summed E-state index contributed by atoms with van der Waals surface area (Å²) in [4.78, 5) is 1.62. The third kappa shape index (κ3) is 6.75. The molecular formula is C22H36S.